The highest BCUT2D eigenvalue weighted by molar-refractivity contribution is 5.87. The first-order chi connectivity index (χ1) is 16.3. The predicted molar refractivity (Wildman–Crippen MR) is 139 cm³/mol. The summed E-state index contributed by atoms with van der Waals surface area (Å²) >= 11 is 0. The minimum absolute atomic E-state index is 0.130. The molecule has 0 heterocycles. The maximum absolute atomic E-state index is 11.9. The molecule has 2 saturated carbocycles. The van der Waals surface area contributed by atoms with Gasteiger partial charge in [-0.25, -0.2) is 4.79 Å². The Labute approximate surface area is 208 Å². The van der Waals surface area contributed by atoms with E-state index in [0.29, 0.717) is 24.4 Å². The Morgan fingerprint density at radius 1 is 1.00 bits per heavy atom. The van der Waals surface area contributed by atoms with Gasteiger partial charge in [-0.3, -0.25) is 4.79 Å². The summed E-state index contributed by atoms with van der Waals surface area (Å²) in [6.07, 6.45) is 18.2. The maximum atomic E-state index is 11.9. The zero-order valence-electron chi connectivity index (χ0n) is 22.1. The van der Waals surface area contributed by atoms with Crippen LogP contribution in [0.15, 0.2) is 24.3 Å². The molecule has 0 radical (unpaired) electrons. The number of ether oxygens (including phenoxy) is 2. The fourth-order valence-electron chi connectivity index (χ4n) is 5.52. The molecule has 0 aromatic heterocycles. The maximum Gasteiger partial charge on any atom is 0.333 e. The minimum Gasteiger partial charge on any atom is -0.457 e. The number of carbonyl (C=O) groups is 2. The third-order valence-electron chi connectivity index (χ3n) is 7.61. The highest BCUT2D eigenvalue weighted by Gasteiger charge is 2.32. The molecule has 34 heavy (non-hydrogen) atoms. The van der Waals surface area contributed by atoms with Gasteiger partial charge in [-0.1, -0.05) is 71.4 Å². The van der Waals surface area contributed by atoms with Gasteiger partial charge in [0.2, 0.25) is 0 Å². The lowest BCUT2D eigenvalue weighted by atomic mass is 9.68. The van der Waals surface area contributed by atoms with E-state index in [4.69, 9.17) is 14.6 Å². The van der Waals surface area contributed by atoms with Gasteiger partial charge in [-0.15, -0.1) is 0 Å². The van der Waals surface area contributed by atoms with Gasteiger partial charge in [0.25, 0.3) is 0 Å². The smallest absolute Gasteiger partial charge is 0.333 e. The Kier molecular flexibility index (Phi) is 16.1. The summed E-state index contributed by atoms with van der Waals surface area (Å²) in [6.45, 7) is 11.1. The van der Waals surface area contributed by atoms with Crippen molar-refractivity contribution in [2.24, 2.45) is 23.7 Å². The number of aliphatic hydroxyl groups excluding tert-OH is 1. The van der Waals surface area contributed by atoms with Crippen LogP contribution >= 0.6 is 0 Å². The van der Waals surface area contributed by atoms with E-state index in [1.165, 1.54) is 77.0 Å². The van der Waals surface area contributed by atoms with Gasteiger partial charge in [0.1, 0.15) is 12.4 Å². The van der Waals surface area contributed by atoms with Crippen molar-refractivity contribution in [1.29, 1.82) is 0 Å². The molecule has 0 saturated heterocycles. The molecule has 1 N–H and O–H groups in total. The molecule has 2 fully saturated rings. The van der Waals surface area contributed by atoms with Crippen LogP contribution in [0.2, 0.25) is 0 Å². The molecule has 0 amide bonds. The van der Waals surface area contributed by atoms with E-state index in [1.807, 2.05) is 0 Å². The summed E-state index contributed by atoms with van der Waals surface area (Å²) in [4.78, 5) is 21.3. The molecule has 0 spiro atoms. The fraction of sp³-hybridized carbons (Fsp3) is 0.793. The summed E-state index contributed by atoms with van der Waals surface area (Å²) in [5.74, 6) is 3.30. The minimum atomic E-state index is -0.286. The number of hydrogen-bond donors (Lipinski definition) is 1. The number of carbonyl (C=O) groups excluding carboxylic acids is 2. The quantitative estimate of drug-likeness (QED) is 0.143. The SMILES string of the molecule is C=C(C)C(=O)OC(COC)CC1CCC(C2CCC(CCCCC)CC2)CC1.C=C(C=O)CO. The fourth-order valence-corrected chi connectivity index (χ4v) is 5.52. The normalized spacial score (nSPS) is 25.4. The zero-order chi connectivity index (χ0) is 25.3. The molecule has 196 valence electrons. The Morgan fingerprint density at radius 2 is 1.56 bits per heavy atom. The number of methoxy groups -OCH3 is 1. The monoisotopic (exact) mass is 478 g/mol. The third-order valence-corrected chi connectivity index (χ3v) is 7.61. The van der Waals surface area contributed by atoms with Crippen LogP contribution in [0, 0.1) is 23.7 Å². The average Bonchev–Trinajstić information content (AvgIpc) is 2.85. The molecule has 0 aromatic rings. The van der Waals surface area contributed by atoms with Crippen LogP contribution in [0.1, 0.15) is 97.3 Å². The van der Waals surface area contributed by atoms with Gasteiger partial charge < -0.3 is 14.6 Å². The lowest BCUT2D eigenvalue weighted by Crippen LogP contribution is -2.30. The Morgan fingerprint density at radius 3 is 1.97 bits per heavy atom. The van der Waals surface area contributed by atoms with Crippen molar-refractivity contribution in [1.82, 2.24) is 0 Å². The van der Waals surface area contributed by atoms with Crippen molar-refractivity contribution in [2.75, 3.05) is 20.3 Å². The predicted octanol–water partition coefficient (Wildman–Crippen LogP) is 6.44. The molecule has 5 nitrogen and oxygen atoms in total. The Hall–Kier alpha value is -1.46. The van der Waals surface area contributed by atoms with E-state index in [9.17, 15) is 9.59 Å². The number of unbranched alkanes of at least 4 members (excludes halogenated alkanes) is 2. The van der Waals surface area contributed by atoms with Crippen molar-refractivity contribution in [3.8, 4) is 0 Å². The summed E-state index contributed by atoms with van der Waals surface area (Å²) in [5.41, 5.74) is 0.685. The highest BCUT2D eigenvalue weighted by Crippen LogP contribution is 2.43. The summed E-state index contributed by atoms with van der Waals surface area (Å²) in [6, 6.07) is 0. The van der Waals surface area contributed by atoms with Gasteiger partial charge in [-0.2, -0.15) is 0 Å². The van der Waals surface area contributed by atoms with Crippen LogP contribution in [0.25, 0.3) is 0 Å². The first kappa shape index (κ1) is 30.6. The second-order valence-electron chi connectivity index (χ2n) is 10.5. The summed E-state index contributed by atoms with van der Waals surface area (Å²) < 4.78 is 10.9. The largest absolute Gasteiger partial charge is 0.457 e. The van der Waals surface area contributed by atoms with Crippen molar-refractivity contribution in [3.63, 3.8) is 0 Å². The first-order valence-corrected chi connectivity index (χ1v) is 13.4. The third kappa shape index (κ3) is 12.3. The van der Waals surface area contributed by atoms with E-state index in [0.717, 1.165) is 24.2 Å². The lowest BCUT2D eigenvalue weighted by Gasteiger charge is -2.38. The topological polar surface area (TPSA) is 72.8 Å². The van der Waals surface area contributed by atoms with Gasteiger partial charge in [0.05, 0.1) is 13.2 Å². The average molecular weight is 479 g/mol. The molecule has 0 aliphatic heterocycles. The molecular weight excluding hydrogens is 428 g/mol. The second kappa shape index (κ2) is 17.9. The molecular formula is C29H50O5. The number of aliphatic hydroxyl groups is 1. The van der Waals surface area contributed by atoms with Crippen LogP contribution < -0.4 is 0 Å². The molecule has 0 bridgehead atoms. The van der Waals surface area contributed by atoms with Crippen molar-refractivity contribution in [2.45, 2.75) is 103 Å². The van der Waals surface area contributed by atoms with Gasteiger partial charge in [0.15, 0.2) is 0 Å². The van der Waals surface area contributed by atoms with Crippen LogP contribution in [-0.4, -0.2) is 43.8 Å². The van der Waals surface area contributed by atoms with E-state index in [2.05, 4.69) is 20.1 Å². The van der Waals surface area contributed by atoms with E-state index in [-0.39, 0.29) is 24.3 Å². The van der Waals surface area contributed by atoms with Crippen molar-refractivity contribution < 1.29 is 24.2 Å². The summed E-state index contributed by atoms with van der Waals surface area (Å²) in [7, 11) is 1.68. The van der Waals surface area contributed by atoms with Gasteiger partial charge in [-0.05, 0) is 62.7 Å². The zero-order valence-corrected chi connectivity index (χ0v) is 22.1. The standard InChI is InChI=1S/C25H44O3.C4H6O2/c1-5-6-7-8-20-9-13-22(14-10-20)23-15-11-21(12-16-23)17-24(18-27-4)28-25(26)19(2)3;1-4(2-5)3-6/h20-24H,2,5-18H2,1,3-4H3;2,6H,1,3H2. The molecule has 2 rings (SSSR count). The van der Waals surface area contributed by atoms with Crippen LogP contribution in [0.5, 0.6) is 0 Å². The van der Waals surface area contributed by atoms with E-state index < -0.39 is 0 Å². The molecule has 2 aliphatic rings. The second-order valence-corrected chi connectivity index (χ2v) is 10.5. The van der Waals surface area contributed by atoms with Crippen molar-refractivity contribution >= 4 is 12.3 Å². The van der Waals surface area contributed by atoms with Crippen LogP contribution in [0.3, 0.4) is 0 Å². The van der Waals surface area contributed by atoms with Crippen LogP contribution in [0.4, 0.5) is 0 Å². The van der Waals surface area contributed by atoms with E-state index >= 15 is 0 Å². The molecule has 1 atom stereocenters. The van der Waals surface area contributed by atoms with Crippen LogP contribution in [-0.2, 0) is 19.1 Å². The Balaban J connectivity index is 0.000000852. The molecule has 2 aliphatic carbocycles. The van der Waals surface area contributed by atoms with E-state index in [1.54, 1.807) is 14.0 Å². The number of rotatable bonds is 13. The van der Waals surface area contributed by atoms with Gasteiger partial charge in [0, 0.05) is 18.3 Å². The highest BCUT2D eigenvalue weighted by atomic mass is 16.6. The number of hydrogen-bond acceptors (Lipinski definition) is 5. The number of aldehydes is 1. The first-order valence-electron chi connectivity index (χ1n) is 13.4. The molecule has 1 unspecified atom stereocenters. The Bertz CT molecular complexity index is 598. The van der Waals surface area contributed by atoms with Crippen molar-refractivity contribution in [3.05, 3.63) is 24.3 Å². The number of esters is 1. The lowest BCUT2D eigenvalue weighted by molar-refractivity contribution is -0.148. The van der Waals surface area contributed by atoms with Gasteiger partial charge >= 0.3 is 5.97 Å². The molecule has 0 aromatic carbocycles. The molecule has 5 heteroatoms. The summed E-state index contributed by atoms with van der Waals surface area (Å²) in [5, 5.41) is 8.00.